The summed E-state index contributed by atoms with van der Waals surface area (Å²) in [6, 6.07) is 10.8. The first kappa shape index (κ1) is 54.9. The molecule has 2 aromatic heterocycles. The van der Waals surface area contributed by atoms with Crippen LogP contribution in [0.25, 0.3) is 22.1 Å². The zero-order valence-electron chi connectivity index (χ0n) is 30.1. The van der Waals surface area contributed by atoms with Crippen molar-refractivity contribution in [1.82, 2.24) is 19.1 Å². The number of anilines is 2. The van der Waals surface area contributed by atoms with Crippen LogP contribution in [-0.2, 0) is 41.1 Å². The van der Waals surface area contributed by atoms with Gasteiger partial charge in [0.25, 0.3) is 0 Å². The molecule has 0 spiro atoms. The minimum atomic E-state index is -5.17. The summed E-state index contributed by atoms with van der Waals surface area (Å²) in [7, 11) is -7.98. The molecule has 4 rings (SSSR count). The van der Waals surface area contributed by atoms with Crippen LogP contribution in [0.2, 0.25) is 0 Å². The van der Waals surface area contributed by atoms with E-state index < -0.39 is 41.3 Å². The molecule has 0 fully saturated rings. The van der Waals surface area contributed by atoms with Gasteiger partial charge in [-0.3, -0.25) is 19.8 Å². The average molecular weight is 839 g/mol. The molecule has 52 heavy (non-hydrogen) atoms. The Hall–Kier alpha value is 0.840. The van der Waals surface area contributed by atoms with Crippen molar-refractivity contribution >= 4 is 85.3 Å². The molecule has 0 radical (unpaired) electrons. The number of aromatic nitrogens is 4. The number of ether oxygens (including phenoxy) is 2. The number of nitrogens with one attached hydrogen (secondary N) is 2. The second-order valence-electron chi connectivity index (χ2n) is 9.37. The maximum atomic E-state index is 11.4. The molecule has 0 aliphatic heterocycles. The summed E-state index contributed by atoms with van der Waals surface area (Å²) < 4.78 is 41.7. The summed E-state index contributed by atoms with van der Waals surface area (Å²) in [4.78, 5) is 76.1. The van der Waals surface area contributed by atoms with Gasteiger partial charge in [0.05, 0.1) is 51.9 Å². The third-order valence-corrected chi connectivity index (χ3v) is 9.14. The molecule has 264 valence electrons. The smallest absolute Gasteiger partial charge is 0.790 e. The van der Waals surface area contributed by atoms with Gasteiger partial charge in [0.2, 0.25) is 11.9 Å². The third-order valence-electron chi connectivity index (χ3n) is 5.87. The normalized spacial score (nSPS) is 10.8. The third kappa shape index (κ3) is 18.4. The van der Waals surface area contributed by atoms with Crippen LogP contribution in [0.5, 0.6) is 0 Å². The van der Waals surface area contributed by atoms with E-state index in [0.29, 0.717) is 22.1 Å². The molecule has 4 aromatic rings. The number of carbonyl (C=O) groups is 2. The first-order chi connectivity index (χ1) is 22.7. The van der Waals surface area contributed by atoms with Crippen molar-refractivity contribution in [3.05, 3.63) is 36.4 Å². The molecule has 2 amide bonds. The van der Waals surface area contributed by atoms with Crippen molar-refractivity contribution < 1.29 is 175 Å². The average Bonchev–Trinajstić information content (AvgIpc) is 3.55. The Labute approximate surface area is 397 Å². The number of amides is 2. The standard InChI is InChI=1S/2C13H18N3O6PS.4Na/c1-3-6-24-9-4-5-11-10(7-9)14-12(15-13(17)21-2)16(11)8-22-23(18,19)20;1-3-6-24-9-4-5-10-11(7-9)16(8-22-23(18,19)20)12(14-10)15-13(17)21-2;;;;/h2*4-5,7H,3,6,8H2,1-2H3,(H,14,15,17)(H2,18,19,20);;;;/q;;4*+1/p-4. The zero-order valence-corrected chi connectivity index (χ0v) is 41.5. The van der Waals surface area contributed by atoms with E-state index in [2.05, 4.69) is 53.0 Å². The van der Waals surface area contributed by atoms with Gasteiger partial charge in [0.15, 0.2) is 0 Å². The summed E-state index contributed by atoms with van der Waals surface area (Å²) in [5.74, 6) is 1.89. The number of rotatable bonds is 14. The molecule has 18 nitrogen and oxygen atoms in total. The second kappa shape index (κ2) is 26.7. The van der Waals surface area contributed by atoms with E-state index in [4.69, 9.17) is 0 Å². The van der Waals surface area contributed by atoms with Gasteiger partial charge in [-0.2, -0.15) is 0 Å². The minimum Gasteiger partial charge on any atom is -0.790 e. The maximum absolute atomic E-state index is 11.4. The van der Waals surface area contributed by atoms with Gasteiger partial charge in [0.1, 0.15) is 13.5 Å². The molecule has 2 aromatic carbocycles. The largest absolute Gasteiger partial charge is 1.00 e. The molecule has 0 bridgehead atoms. The number of benzene rings is 2. The first-order valence-electron chi connectivity index (χ1n) is 14.0. The predicted molar refractivity (Wildman–Crippen MR) is 171 cm³/mol. The Balaban J connectivity index is 0. The van der Waals surface area contributed by atoms with Gasteiger partial charge in [-0.05, 0) is 60.7 Å². The van der Waals surface area contributed by atoms with Crippen LogP contribution >= 0.6 is 39.2 Å². The van der Waals surface area contributed by atoms with E-state index in [0.717, 1.165) is 34.1 Å². The predicted octanol–water partition coefficient (Wildman–Crippen LogP) is -8.95. The fourth-order valence-electron chi connectivity index (χ4n) is 3.83. The van der Waals surface area contributed by atoms with Gasteiger partial charge in [-0.25, -0.2) is 19.6 Å². The molecule has 2 heterocycles. The van der Waals surface area contributed by atoms with Crippen LogP contribution in [0.3, 0.4) is 0 Å². The topological polar surface area (TPSA) is 257 Å². The van der Waals surface area contributed by atoms with E-state index in [1.165, 1.54) is 23.4 Å². The summed E-state index contributed by atoms with van der Waals surface area (Å²) in [5.41, 5.74) is 2.07. The number of phosphoric acid groups is 2. The molecule has 0 saturated carbocycles. The Morgan fingerprint density at radius 2 is 1.12 bits per heavy atom. The molecule has 26 heteroatoms. The van der Waals surface area contributed by atoms with Crippen LogP contribution in [0.1, 0.15) is 26.7 Å². The zero-order chi connectivity index (χ0) is 35.5. The number of hydrogen-bond donors (Lipinski definition) is 2. The Morgan fingerprint density at radius 3 is 1.56 bits per heavy atom. The van der Waals surface area contributed by atoms with Gasteiger partial charge >= 0.3 is 130 Å². The Kier molecular flexibility index (Phi) is 28.2. The van der Waals surface area contributed by atoms with E-state index in [9.17, 15) is 38.3 Å². The maximum Gasteiger partial charge on any atom is 1.00 e. The molecule has 0 saturated heterocycles. The molecule has 0 aliphatic rings. The van der Waals surface area contributed by atoms with Gasteiger partial charge < -0.3 is 47.2 Å². The Morgan fingerprint density at radius 1 is 0.692 bits per heavy atom. The van der Waals surface area contributed by atoms with Crippen molar-refractivity contribution in [3.63, 3.8) is 0 Å². The van der Waals surface area contributed by atoms with Crippen LogP contribution in [0, 0.1) is 0 Å². The number of carbonyl (C=O) groups excluding carboxylic acids is 2. The van der Waals surface area contributed by atoms with Crippen LogP contribution in [-0.4, -0.2) is 57.0 Å². The van der Waals surface area contributed by atoms with Crippen molar-refractivity contribution in [1.29, 1.82) is 0 Å². The van der Waals surface area contributed by atoms with Gasteiger partial charge in [0, 0.05) is 9.79 Å². The molecular weight excluding hydrogens is 806 g/mol. The fourth-order valence-corrected chi connectivity index (χ4v) is 5.94. The van der Waals surface area contributed by atoms with Crippen LogP contribution in [0.4, 0.5) is 21.5 Å². The van der Waals surface area contributed by atoms with Crippen molar-refractivity contribution in [3.8, 4) is 0 Å². The number of phosphoric ester groups is 2. The summed E-state index contributed by atoms with van der Waals surface area (Å²) in [6.07, 6.45) is 0.456. The molecule has 0 unspecified atom stereocenters. The number of fused-ring (bicyclic) bond motifs is 2. The van der Waals surface area contributed by atoms with Gasteiger partial charge in [-0.15, -0.1) is 23.5 Å². The molecule has 0 atom stereocenters. The SMILES string of the molecule is CCCSc1ccc2c(c1)nc(NC(=O)OC)n2COP(=O)([O-])[O-].CCCSc1ccc2nc(NC(=O)OC)n(COP(=O)([O-])[O-])c2c1.[Na+].[Na+].[Na+].[Na+]. The number of nitrogens with zero attached hydrogens (tertiary/aromatic N) is 4. The molecule has 2 N–H and O–H groups in total. The van der Waals surface area contributed by atoms with E-state index >= 15 is 0 Å². The summed E-state index contributed by atoms with van der Waals surface area (Å²) in [6.45, 7) is 2.94. The van der Waals surface area contributed by atoms with Crippen molar-refractivity contribution in [2.24, 2.45) is 0 Å². The fraction of sp³-hybridized carbons (Fsp3) is 0.385. The molecule has 0 aliphatic carbocycles. The van der Waals surface area contributed by atoms with Crippen LogP contribution < -0.4 is 148 Å². The van der Waals surface area contributed by atoms with Crippen LogP contribution in [0.15, 0.2) is 46.2 Å². The monoisotopic (exact) mass is 838 g/mol. The first-order valence-corrected chi connectivity index (χ1v) is 18.9. The van der Waals surface area contributed by atoms with E-state index in [1.54, 1.807) is 41.7 Å². The second-order valence-corrected chi connectivity index (χ2v) is 14.0. The number of thioether (sulfide) groups is 2. The number of hydrogen-bond acceptors (Lipinski definition) is 16. The molecular formula is C26H32N6Na4O12P2S2. The minimum absolute atomic E-state index is 0. The van der Waals surface area contributed by atoms with Gasteiger partial charge in [-0.1, -0.05) is 13.8 Å². The Bertz CT molecular complexity index is 1810. The quantitative estimate of drug-likeness (QED) is 0.0679. The number of imidazole rings is 2. The van der Waals surface area contributed by atoms with E-state index in [1.807, 2.05) is 18.2 Å². The van der Waals surface area contributed by atoms with Crippen molar-refractivity contribution in [2.75, 3.05) is 36.4 Å². The van der Waals surface area contributed by atoms with Crippen molar-refractivity contribution in [2.45, 2.75) is 49.9 Å². The summed E-state index contributed by atoms with van der Waals surface area (Å²) >= 11 is 3.27. The summed E-state index contributed by atoms with van der Waals surface area (Å²) in [5, 5.41) is 4.72. The number of methoxy groups -OCH3 is 2. The van der Waals surface area contributed by atoms with E-state index in [-0.39, 0.29) is 130 Å².